The lowest BCUT2D eigenvalue weighted by Crippen LogP contribution is -2.55. The highest BCUT2D eigenvalue weighted by molar-refractivity contribution is 6.09. The van der Waals surface area contributed by atoms with E-state index in [1.54, 1.807) is 58.0 Å². The number of aliphatic hydroxyl groups is 1. The highest BCUT2D eigenvalue weighted by Crippen LogP contribution is 2.32. The van der Waals surface area contributed by atoms with E-state index in [0.717, 1.165) is 5.39 Å². The number of aryl methyl sites for hydroxylation is 1. The van der Waals surface area contributed by atoms with Gasteiger partial charge in [0.2, 0.25) is 23.6 Å². The molecule has 0 bridgehead atoms. The van der Waals surface area contributed by atoms with Crippen LogP contribution < -0.4 is 37.6 Å². The van der Waals surface area contributed by atoms with E-state index in [9.17, 15) is 43.5 Å². The topological polar surface area (TPSA) is 347 Å². The van der Waals surface area contributed by atoms with Crippen LogP contribution in [0, 0.1) is 5.92 Å². The molecule has 26 nitrogen and oxygen atoms in total. The molecule has 410 valence electrons. The summed E-state index contributed by atoms with van der Waals surface area (Å²) in [6, 6.07) is 10.9. The molecule has 2 atom stereocenters. The number of ether oxygens (including phenoxy) is 3. The van der Waals surface area contributed by atoms with Crippen molar-refractivity contribution < 1.29 is 57.7 Å². The molecular formula is C50H68N14O12. The Morgan fingerprint density at radius 3 is 2.36 bits per heavy atom. The van der Waals surface area contributed by atoms with E-state index in [2.05, 4.69) is 47.2 Å². The van der Waals surface area contributed by atoms with Crippen molar-refractivity contribution in [2.45, 2.75) is 111 Å². The van der Waals surface area contributed by atoms with Crippen LogP contribution in [0.3, 0.4) is 0 Å². The molecular weight excluding hydrogens is 989 g/mol. The van der Waals surface area contributed by atoms with Crippen LogP contribution in [-0.2, 0) is 70.9 Å². The summed E-state index contributed by atoms with van der Waals surface area (Å²) in [6.45, 7) is 9.21. The molecule has 0 radical (unpaired) electrons. The molecule has 9 N–H and O–H groups in total. The molecule has 3 aromatic heterocycles. The smallest absolute Gasteiger partial charge is 0.412 e. The van der Waals surface area contributed by atoms with Crippen LogP contribution in [0.2, 0.25) is 0 Å². The zero-order chi connectivity index (χ0) is 55.4. The van der Waals surface area contributed by atoms with Gasteiger partial charge in [-0.3, -0.25) is 24.5 Å². The number of fused-ring (bicyclic) bond motifs is 3. The summed E-state index contributed by atoms with van der Waals surface area (Å²) in [5, 5.41) is 35.4. The summed E-state index contributed by atoms with van der Waals surface area (Å²) >= 11 is 0. The highest BCUT2D eigenvalue weighted by atomic mass is 16.6. The number of carbonyl (C=O) groups is 8. The largest absolute Gasteiger partial charge is 0.447 e. The molecule has 0 aliphatic rings. The number of hydrogen-bond donors (Lipinski definition) is 8. The van der Waals surface area contributed by atoms with Crippen molar-refractivity contribution in [2.24, 2.45) is 11.7 Å². The predicted octanol–water partition coefficient (Wildman–Crippen LogP) is 2.65. The predicted molar refractivity (Wildman–Crippen MR) is 277 cm³/mol. The Bertz CT molecular complexity index is 2810. The Kier molecular flexibility index (Phi) is 21.9. The third-order valence-electron chi connectivity index (χ3n) is 11.4. The summed E-state index contributed by atoms with van der Waals surface area (Å²) in [4.78, 5) is 111. The first-order chi connectivity index (χ1) is 36.2. The summed E-state index contributed by atoms with van der Waals surface area (Å²) in [5.74, 6) is -1.77. The van der Waals surface area contributed by atoms with Gasteiger partial charge in [-0.15, -0.1) is 5.10 Å². The second-order valence-corrected chi connectivity index (χ2v) is 18.7. The van der Waals surface area contributed by atoms with Crippen LogP contribution in [0.5, 0.6) is 0 Å². The lowest BCUT2D eigenvalue weighted by atomic mass is 10.0. The van der Waals surface area contributed by atoms with Gasteiger partial charge in [0.25, 0.3) is 0 Å². The maximum Gasteiger partial charge on any atom is 0.412 e. The number of hydrogen-bond acceptors (Lipinski definition) is 16. The highest BCUT2D eigenvalue weighted by Gasteiger charge is 2.30. The number of nitrogens with zero attached hydrogens (tertiary/aromatic N) is 7. The normalized spacial score (nSPS) is 12.1. The quantitative estimate of drug-likeness (QED) is 0.0252. The van der Waals surface area contributed by atoms with Crippen molar-refractivity contribution in [1.82, 2.24) is 55.7 Å². The van der Waals surface area contributed by atoms with E-state index >= 15 is 0 Å². The Morgan fingerprint density at radius 1 is 0.908 bits per heavy atom. The molecule has 76 heavy (non-hydrogen) atoms. The van der Waals surface area contributed by atoms with E-state index in [0.29, 0.717) is 52.2 Å². The number of imidazole rings is 1. The number of rotatable bonds is 29. The van der Waals surface area contributed by atoms with E-state index in [4.69, 9.17) is 24.9 Å². The molecule has 0 saturated heterocycles. The molecule has 0 aliphatic carbocycles. The molecule has 2 aromatic carbocycles. The fraction of sp³-hybridized carbons (Fsp3) is 0.480. The molecule has 0 spiro atoms. The number of nitrogens with two attached hydrogens (primary N) is 1. The van der Waals surface area contributed by atoms with Crippen LogP contribution in [0.4, 0.5) is 25.9 Å². The van der Waals surface area contributed by atoms with Crippen LogP contribution in [0.25, 0.3) is 21.9 Å². The number of aldehydes is 1. The Balaban J connectivity index is 1.11. The number of aromatic nitrogens is 6. The van der Waals surface area contributed by atoms with Crippen molar-refractivity contribution in [3.8, 4) is 0 Å². The van der Waals surface area contributed by atoms with Crippen LogP contribution in [0.15, 0.2) is 54.7 Å². The molecule has 8 amide bonds. The number of carbonyl (C=O) groups excluding carboxylic acids is 8. The number of pyridine rings is 1. The minimum atomic E-state index is -1.11. The Labute approximate surface area is 438 Å². The first-order valence-corrected chi connectivity index (χ1v) is 24.8. The first-order valence-electron chi connectivity index (χ1n) is 24.8. The lowest BCUT2D eigenvalue weighted by Gasteiger charge is -2.25. The number of nitrogens with one attached hydrogen (secondary N) is 6. The molecule has 5 rings (SSSR count). The van der Waals surface area contributed by atoms with Gasteiger partial charge in [0.15, 0.2) is 5.82 Å². The van der Waals surface area contributed by atoms with E-state index in [1.807, 2.05) is 29.7 Å². The fourth-order valence-corrected chi connectivity index (χ4v) is 7.58. The summed E-state index contributed by atoms with van der Waals surface area (Å²) < 4.78 is 19.7. The van der Waals surface area contributed by atoms with Gasteiger partial charge in [-0.2, -0.15) is 0 Å². The van der Waals surface area contributed by atoms with E-state index < -0.39 is 59.5 Å². The molecule has 3 heterocycles. The molecule has 5 aromatic rings. The molecule has 0 saturated carbocycles. The summed E-state index contributed by atoms with van der Waals surface area (Å²) in [5.41, 5.74) is 7.12. The number of primary amides is 1. The fourth-order valence-electron chi connectivity index (χ4n) is 7.58. The van der Waals surface area contributed by atoms with Crippen molar-refractivity contribution in [2.75, 3.05) is 50.5 Å². The Morgan fingerprint density at radius 2 is 1.66 bits per heavy atom. The first kappa shape index (κ1) is 58.6. The Hall–Kier alpha value is -8.26. The number of likely N-dealkylation sites (N-methyl/N-ethyl adjacent to an activating group) is 1. The standard InChI is InChI=1S/C50H68N14O12/c1-7-74-29-38-57-42-43(64(38)30-50(4,5)73)35-12-8-9-13-36(35)55-44(42)59-48(71)75-25-23-62(6)49(72)76-28-32-15-17-33(18-16-32)54-45(68)37(14-10-21-53-47(51)70)56-46(69)41(31(2)3)58-40(67)27-63-26-34(60-61-63)19-20-39(66)52-22-11-24-65/h8-9,12-13,15-18,24,26,31,37,41,73H,7,10-11,14,19-23,25,27-30H2,1-6H3,(H,52,66)(H,54,68)(H,56,69)(H,58,67)(H3,51,53,70)(H,55,59,71)/t37-,41-/m0/s1. The van der Waals surface area contributed by atoms with Gasteiger partial charge < -0.3 is 65.9 Å². The van der Waals surface area contributed by atoms with Crippen molar-refractivity contribution in [3.05, 3.63) is 71.8 Å². The zero-order valence-corrected chi connectivity index (χ0v) is 43.6. The molecule has 0 unspecified atom stereocenters. The second-order valence-electron chi connectivity index (χ2n) is 18.7. The minimum absolute atomic E-state index is 0.0170. The van der Waals surface area contributed by atoms with E-state index in [-0.39, 0.29) is 96.4 Å². The molecule has 0 fully saturated rings. The number of anilines is 2. The number of benzene rings is 2. The van der Waals surface area contributed by atoms with Crippen molar-refractivity contribution >= 4 is 81.6 Å². The number of urea groups is 1. The average molecular weight is 1060 g/mol. The van der Waals surface area contributed by atoms with Crippen molar-refractivity contribution in [3.63, 3.8) is 0 Å². The van der Waals surface area contributed by atoms with Gasteiger partial charge in [-0.05, 0) is 63.3 Å². The van der Waals surface area contributed by atoms with Crippen LogP contribution in [-0.4, -0.2) is 145 Å². The second kappa shape index (κ2) is 28.4. The van der Waals surface area contributed by atoms with Gasteiger partial charge in [0.1, 0.15) is 56.1 Å². The summed E-state index contributed by atoms with van der Waals surface area (Å²) in [7, 11) is 1.48. The molecule has 26 heteroatoms. The van der Waals surface area contributed by atoms with Crippen molar-refractivity contribution in [1.29, 1.82) is 0 Å². The number of para-hydroxylation sites is 1. The average Bonchev–Trinajstić information content (AvgIpc) is 3.98. The maximum absolute atomic E-state index is 13.7. The maximum atomic E-state index is 13.7. The van der Waals surface area contributed by atoms with Gasteiger partial charge in [0.05, 0.1) is 35.4 Å². The van der Waals surface area contributed by atoms with Gasteiger partial charge >= 0.3 is 18.2 Å². The van der Waals surface area contributed by atoms with Crippen LogP contribution in [0.1, 0.15) is 77.4 Å². The number of amides is 8. The summed E-state index contributed by atoms with van der Waals surface area (Å²) in [6.07, 6.45) is 1.59. The SMILES string of the molecule is CCOCc1nc2c(NC(=O)OCCN(C)C(=O)OCc3ccc(NC(=O)[C@H](CCCNC(N)=O)NC(=O)[C@@H](NC(=O)Cn4cc(CCC(=O)NCCC=O)nn4)C(C)C)cc3)nc3ccccc3c2n1CC(C)(C)O. The minimum Gasteiger partial charge on any atom is -0.447 e. The van der Waals surface area contributed by atoms with Gasteiger partial charge in [-0.1, -0.05) is 49.4 Å². The zero-order valence-electron chi connectivity index (χ0n) is 43.6. The van der Waals surface area contributed by atoms with Gasteiger partial charge in [-0.25, -0.2) is 29.0 Å². The third kappa shape index (κ3) is 18.3. The molecule has 0 aliphatic heterocycles. The van der Waals surface area contributed by atoms with Crippen LogP contribution >= 0.6 is 0 Å². The van der Waals surface area contributed by atoms with E-state index in [1.165, 1.54) is 22.8 Å². The lowest BCUT2D eigenvalue weighted by molar-refractivity contribution is -0.132. The monoisotopic (exact) mass is 1060 g/mol. The van der Waals surface area contributed by atoms with Gasteiger partial charge in [0, 0.05) is 63.3 Å². The third-order valence-corrected chi connectivity index (χ3v) is 11.4.